The van der Waals surface area contributed by atoms with Gasteiger partial charge in [-0.1, -0.05) is 42.5 Å². The lowest BCUT2D eigenvalue weighted by Crippen LogP contribution is -2.44. The smallest absolute Gasteiger partial charge is 0.162 e. The van der Waals surface area contributed by atoms with Crippen molar-refractivity contribution in [3.05, 3.63) is 60.2 Å². The monoisotopic (exact) mass is 335 g/mol. The normalized spacial score (nSPS) is 19.6. The molecule has 124 valence electrons. The third kappa shape index (κ3) is 4.38. The number of rotatable bonds is 4. The molecule has 0 spiro atoms. The fourth-order valence-electron chi connectivity index (χ4n) is 2.69. The lowest BCUT2D eigenvalue weighted by atomic mass is 10.0. The van der Waals surface area contributed by atoms with E-state index in [1.165, 1.54) is 0 Å². The van der Waals surface area contributed by atoms with Gasteiger partial charge in [0.25, 0.3) is 0 Å². The molecule has 4 nitrogen and oxygen atoms in total. The van der Waals surface area contributed by atoms with Gasteiger partial charge >= 0.3 is 0 Å². The first-order chi connectivity index (χ1) is 10.7. The Kier molecular flexibility index (Phi) is 6.28. The first-order valence-electron chi connectivity index (χ1n) is 7.54. The second-order valence-corrected chi connectivity index (χ2v) is 5.59. The van der Waals surface area contributed by atoms with E-state index >= 15 is 0 Å². The Morgan fingerprint density at radius 3 is 2.52 bits per heavy atom. The second kappa shape index (κ2) is 8.20. The van der Waals surface area contributed by atoms with Crippen molar-refractivity contribution in [2.75, 3.05) is 26.7 Å². The molecule has 0 amide bonds. The maximum atomic E-state index is 9.98. The highest BCUT2D eigenvalue weighted by atomic mass is 35.5. The van der Waals surface area contributed by atoms with Gasteiger partial charge in [0, 0.05) is 13.1 Å². The van der Waals surface area contributed by atoms with E-state index in [1.807, 2.05) is 36.4 Å². The van der Waals surface area contributed by atoms with Crippen molar-refractivity contribution in [1.82, 2.24) is 4.90 Å². The third-order valence-electron chi connectivity index (χ3n) is 3.88. The molecule has 1 fully saturated rings. The van der Waals surface area contributed by atoms with Crippen molar-refractivity contribution in [2.24, 2.45) is 0 Å². The van der Waals surface area contributed by atoms with Crippen LogP contribution in [0.1, 0.15) is 11.7 Å². The molecule has 0 radical (unpaired) electrons. The van der Waals surface area contributed by atoms with Crippen LogP contribution in [0.5, 0.6) is 11.5 Å². The number of ether oxygens (including phenoxy) is 2. The second-order valence-electron chi connectivity index (χ2n) is 5.59. The van der Waals surface area contributed by atoms with Crippen molar-refractivity contribution < 1.29 is 14.6 Å². The van der Waals surface area contributed by atoms with Gasteiger partial charge in [0.15, 0.2) is 17.6 Å². The molecule has 2 atom stereocenters. The fraction of sp³-hybridized carbons (Fsp3) is 0.333. The number of phenolic OH excluding ortho intramolecular Hbond substituents is 1. The molecular weight excluding hydrogens is 314 g/mol. The van der Waals surface area contributed by atoms with E-state index in [4.69, 9.17) is 9.47 Å². The molecule has 1 aliphatic heterocycles. The Morgan fingerprint density at radius 2 is 1.83 bits per heavy atom. The predicted octanol–water partition coefficient (Wildman–Crippen LogP) is 3.26. The standard InChI is InChI=1S/C18H21NO3.ClH/c1-19-11-12-21-17(13-19)18(14-7-3-2-4-8-14)22-16-10-6-5-9-15(16)20;/h2-10,17-18,20H,11-13H2,1H3;1H. The van der Waals surface area contributed by atoms with Crippen LogP contribution in [0.4, 0.5) is 0 Å². The molecule has 2 aromatic carbocycles. The molecule has 2 unspecified atom stereocenters. The number of phenols is 1. The van der Waals surface area contributed by atoms with Gasteiger partial charge in [0.05, 0.1) is 6.61 Å². The Balaban J connectivity index is 0.00000192. The van der Waals surface area contributed by atoms with E-state index < -0.39 is 0 Å². The molecule has 2 aromatic rings. The lowest BCUT2D eigenvalue weighted by Gasteiger charge is -2.35. The quantitative estimate of drug-likeness (QED) is 0.931. The van der Waals surface area contributed by atoms with Crippen LogP contribution in [-0.2, 0) is 4.74 Å². The maximum Gasteiger partial charge on any atom is 0.162 e. The van der Waals surface area contributed by atoms with Crippen LogP contribution >= 0.6 is 12.4 Å². The first kappa shape index (κ1) is 17.6. The molecule has 1 heterocycles. The largest absolute Gasteiger partial charge is 0.504 e. The number of likely N-dealkylation sites (N-methyl/N-ethyl adjacent to an activating group) is 1. The molecule has 5 heteroatoms. The van der Waals surface area contributed by atoms with Crippen LogP contribution in [0.3, 0.4) is 0 Å². The van der Waals surface area contributed by atoms with Crippen molar-refractivity contribution in [3.8, 4) is 11.5 Å². The highest BCUT2D eigenvalue weighted by Gasteiger charge is 2.30. The van der Waals surface area contributed by atoms with Crippen LogP contribution in [0.25, 0.3) is 0 Å². The minimum Gasteiger partial charge on any atom is -0.504 e. The Hall–Kier alpha value is -1.75. The van der Waals surface area contributed by atoms with Crippen molar-refractivity contribution in [3.63, 3.8) is 0 Å². The summed E-state index contributed by atoms with van der Waals surface area (Å²) in [5, 5.41) is 9.98. The van der Waals surface area contributed by atoms with E-state index in [9.17, 15) is 5.11 Å². The summed E-state index contributed by atoms with van der Waals surface area (Å²) in [7, 11) is 2.08. The third-order valence-corrected chi connectivity index (χ3v) is 3.88. The Morgan fingerprint density at radius 1 is 1.13 bits per heavy atom. The number of morpholine rings is 1. The lowest BCUT2D eigenvalue weighted by molar-refractivity contribution is -0.0763. The summed E-state index contributed by atoms with van der Waals surface area (Å²) >= 11 is 0. The number of halogens is 1. The Labute approximate surface area is 143 Å². The zero-order valence-electron chi connectivity index (χ0n) is 13.1. The SMILES string of the molecule is CN1CCOC(C(Oc2ccccc2O)c2ccccc2)C1.Cl. The minimum atomic E-state index is -0.253. The molecule has 0 aliphatic carbocycles. The van der Waals surface area contributed by atoms with Crippen molar-refractivity contribution in [2.45, 2.75) is 12.2 Å². The van der Waals surface area contributed by atoms with Crippen LogP contribution in [0.2, 0.25) is 0 Å². The van der Waals surface area contributed by atoms with Gasteiger partial charge in [-0.3, -0.25) is 0 Å². The molecule has 0 saturated carbocycles. The van der Waals surface area contributed by atoms with Gasteiger partial charge in [-0.2, -0.15) is 0 Å². The maximum absolute atomic E-state index is 9.98. The summed E-state index contributed by atoms with van der Waals surface area (Å²) < 4.78 is 12.0. The van der Waals surface area contributed by atoms with Crippen LogP contribution < -0.4 is 4.74 Å². The molecule has 0 bridgehead atoms. The number of benzene rings is 2. The van der Waals surface area contributed by atoms with Gasteiger partial charge in [0.1, 0.15) is 6.10 Å². The van der Waals surface area contributed by atoms with Gasteiger partial charge in [-0.25, -0.2) is 0 Å². The fourth-order valence-corrected chi connectivity index (χ4v) is 2.69. The van der Waals surface area contributed by atoms with Gasteiger partial charge in [-0.15, -0.1) is 12.4 Å². The zero-order valence-corrected chi connectivity index (χ0v) is 13.9. The highest BCUT2D eigenvalue weighted by molar-refractivity contribution is 5.85. The van der Waals surface area contributed by atoms with Gasteiger partial charge < -0.3 is 19.5 Å². The molecule has 1 saturated heterocycles. The number of nitrogens with zero attached hydrogens (tertiary/aromatic N) is 1. The molecule has 0 aromatic heterocycles. The summed E-state index contributed by atoms with van der Waals surface area (Å²) in [6.45, 7) is 2.41. The first-order valence-corrected chi connectivity index (χ1v) is 7.54. The van der Waals surface area contributed by atoms with Gasteiger partial charge in [0.2, 0.25) is 0 Å². The number of para-hydroxylation sites is 2. The molecule has 23 heavy (non-hydrogen) atoms. The summed E-state index contributed by atoms with van der Waals surface area (Å²) in [6, 6.07) is 17.1. The zero-order chi connectivity index (χ0) is 15.4. The molecular formula is C18H22ClNO3. The number of hydrogen-bond acceptors (Lipinski definition) is 4. The van der Waals surface area contributed by atoms with Crippen molar-refractivity contribution >= 4 is 12.4 Å². The summed E-state index contributed by atoms with van der Waals surface area (Å²) in [5.74, 6) is 0.626. The summed E-state index contributed by atoms with van der Waals surface area (Å²) in [4.78, 5) is 2.23. The van der Waals surface area contributed by atoms with E-state index in [0.717, 1.165) is 18.7 Å². The van der Waals surface area contributed by atoms with E-state index in [2.05, 4.69) is 11.9 Å². The van der Waals surface area contributed by atoms with Crippen LogP contribution in [0, 0.1) is 0 Å². The average Bonchev–Trinajstić information content (AvgIpc) is 2.55. The molecule has 3 rings (SSSR count). The van der Waals surface area contributed by atoms with E-state index in [1.54, 1.807) is 18.2 Å². The number of aromatic hydroxyl groups is 1. The molecule has 1 N–H and O–H groups in total. The van der Waals surface area contributed by atoms with E-state index in [0.29, 0.717) is 12.4 Å². The van der Waals surface area contributed by atoms with Gasteiger partial charge in [-0.05, 0) is 24.7 Å². The number of hydrogen-bond donors (Lipinski definition) is 1. The predicted molar refractivity (Wildman–Crippen MR) is 92.4 cm³/mol. The highest BCUT2D eigenvalue weighted by Crippen LogP contribution is 2.33. The molecule has 1 aliphatic rings. The van der Waals surface area contributed by atoms with Crippen LogP contribution in [0.15, 0.2) is 54.6 Å². The summed E-state index contributed by atoms with van der Waals surface area (Å²) in [6.07, 6.45) is -0.321. The minimum absolute atomic E-state index is 0. The topological polar surface area (TPSA) is 41.9 Å². The average molecular weight is 336 g/mol. The van der Waals surface area contributed by atoms with E-state index in [-0.39, 0.29) is 30.4 Å². The summed E-state index contributed by atoms with van der Waals surface area (Å²) in [5.41, 5.74) is 1.05. The van der Waals surface area contributed by atoms with Crippen LogP contribution in [-0.4, -0.2) is 42.9 Å². The van der Waals surface area contributed by atoms with Crippen molar-refractivity contribution in [1.29, 1.82) is 0 Å². The Bertz CT molecular complexity index is 608.